The smallest absolute Gasteiger partial charge is 0.325 e. The van der Waals surface area contributed by atoms with Crippen LogP contribution in [0.4, 0.5) is 4.79 Å². The minimum atomic E-state index is -0.542. The van der Waals surface area contributed by atoms with Gasteiger partial charge in [0.25, 0.3) is 5.91 Å². The molecular weight excluding hydrogens is 312 g/mol. The molecule has 8 heteroatoms. The molecule has 1 unspecified atom stereocenters. The van der Waals surface area contributed by atoms with Crippen molar-refractivity contribution in [2.45, 2.75) is 31.4 Å². The molecule has 0 aromatic carbocycles. The number of aliphatic hydroxyl groups excluding tert-OH is 1. The largest absolute Gasteiger partial charge is 0.393 e. The molecule has 1 aliphatic heterocycles. The first kappa shape index (κ1) is 16.4. The van der Waals surface area contributed by atoms with E-state index in [2.05, 4.69) is 15.6 Å². The Morgan fingerprint density at radius 3 is 2.67 bits per heavy atom. The van der Waals surface area contributed by atoms with E-state index >= 15 is 0 Å². The van der Waals surface area contributed by atoms with Crippen LogP contribution in [0.5, 0.6) is 0 Å². The monoisotopic (exact) mass is 332 g/mol. The first-order chi connectivity index (χ1) is 11.5. The Bertz CT molecular complexity index is 614. The molecule has 128 valence electrons. The van der Waals surface area contributed by atoms with Crippen molar-refractivity contribution in [2.75, 3.05) is 13.1 Å². The first-order valence-corrected chi connectivity index (χ1v) is 7.97. The van der Waals surface area contributed by atoms with Gasteiger partial charge in [-0.2, -0.15) is 0 Å². The maximum atomic E-state index is 12.3. The number of hydrogen-bond acceptors (Lipinski definition) is 5. The van der Waals surface area contributed by atoms with Crippen LogP contribution in [0.25, 0.3) is 0 Å². The minimum absolute atomic E-state index is 0.0681. The molecule has 1 saturated carbocycles. The highest BCUT2D eigenvalue weighted by Crippen LogP contribution is 2.31. The number of aliphatic hydroxyl groups is 1. The predicted octanol–water partition coefficient (Wildman–Crippen LogP) is -0.568. The number of nitrogens with one attached hydrogen (secondary N) is 2. The third kappa shape index (κ3) is 3.70. The van der Waals surface area contributed by atoms with Crippen molar-refractivity contribution < 1.29 is 19.5 Å². The molecule has 3 N–H and O–H groups in total. The standard InChI is InChI=1S/C16H20N4O4/c21-12-6-11(7-12)13(5-10-1-3-17-4-2-10)19-14(22)9-20-15(23)8-18-16(20)24/h1-4,11-13,21H,5-9H2,(H,18,24)(H,19,22). The molecule has 1 atom stereocenters. The molecule has 1 aromatic rings. The summed E-state index contributed by atoms with van der Waals surface area (Å²) in [6.07, 6.45) is 4.95. The SMILES string of the molecule is O=C(CN1C(=O)CNC1=O)NC(Cc1ccncc1)C1CC(O)C1. The fourth-order valence-corrected chi connectivity index (χ4v) is 3.08. The van der Waals surface area contributed by atoms with Crippen molar-refractivity contribution in [2.24, 2.45) is 5.92 Å². The molecule has 2 heterocycles. The van der Waals surface area contributed by atoms with Crippen LogP contribution in [0.2, 0.25) is 0 Å². The highest BCUT2D eigenvalue weighted by molar-refractivity contribution is 6.04. The molecule has 1 saturated heterocycles. The van der Waals surface area contributed by atoms with E-state index in [1.807, 2.05) is 12.1 Å². The average Bonchev–Trinajstić information content (AvgIpc) is 2.84. The number of imide groups is 1. The Hall–Kier alpha value is -2.48. The van der Waals surface area contributed by atoms with Crippen LogP contribution < -0.4 is 10.6 Å². The number of aromatic nitrogens is 1. The van der Waals surface area contributed by atoms with Crippen molar-refractivity contribution in [1.82, 2.24) is 20.5 Å². The molecular formula is C16H20N4O4. The van der Waals surface area contributed by atoms with Gasteiger partial charge in [-0.3, -0.25) is 19.5 Å². The highest BCUT2D eigenvalue weighted by Gasteiger charge is 2.36. The van der Waals surface area contributed by atoms with Gasteiger partial charge in [0, 0.05) is 18.4 Å². The lowest BCUT2D eigenvalue weighted by atomic mass is 9.75. The lowest BCUT2D eigenvalue weighted by Crippen LogP contribution is -2.51. The third-order valence-electron chi connectivity index (χ3n) is 4.51. The Balaban J connectivity index is 1.61. The number of carbonyl (C=O) groups is 3. The topological polar surface area (TPSA) is 112 Å². The summed E-state index contributed by atoms with van der Waals surface area (Å²) in [7, 11) is 0. The number of urea groups is 1. The fraction of sp³-hybridized carbons (Fsp3) is 0.500. The van der Waals surface area contributed by atoms with Crippen molar-refractivity contribution in [1.29, 1.82) is 0 Å². The second-order valence-electron chi connectivity index (χ2n) is 6.26. The van der Waals surface area contributed by atoms with E-state index in [0.717, 1.165) is 10.5 Å². The summed E-state index contributed by atoms with van der Waals surface area (Å²) in [6, 6.07) is 3.07. The number of amides is 4. The molecule has 0 bridgehead atoms. The summed E-state index contributed by atoms with van der Waals surface area (Å²) in [5.41, 5.74) is 1.03. The molecule has 2 fully saturated rings. The van der Waals surface area contributed by atoms with Crippen molar-refractivity contribution in [3.8, 4) is 0 Å². The van der Waals surface area contributed by atoms with Gasteiger partial charge >= 0.3 is 6.03 Å². The lowest BCUT2D eigenvalue weighted by molar-refractivity contribution is -0.131. The van der Waals surface area contributed by atoms with E-state index in [9.17, 15) is 19.5 Å². The second-order valence-corrected chi connectivity index (χ2v) is 6.26. The molecule has 4 amide bonds. The van der Waals surface area contributed by atoms with Crippen LogP contribution in [0.3, 0.4) is 0 Å². The maximum absolute atomic E-state index is 12.3. The summed E-state index contributed by atoms with van der Waals surface area (Å²) in [5, 5.41) is 14.8. The van der Waals surface area contributed by atoms with Crippen LogP contribution >= 0.6 is 0 Å². The van der Waals surface area contributed by atoms with E-state index in [4.69, 9.17) is 0 Å². The Kier molecular flexibility index (Phi) is 4.75. The average molecular weight is 332 g/mol. The van der Waals surface area contributed by atoms with Crippen LogP contribution in [-0.2, 0) is 16.0 Å². The maximum Gasteiger partial charge on any atom is 0.325 e. The summed E-state index contributed by atoms with van der Waals surface area (Å²) < 4.78 is 0. The van der Waals surface area contributed by atoms with Crippen molar-refractivity contribution in [3.63, 3.8) is 0 Å². The molecule has 0 spiro atoms. The molecule has 24 heavy (non-hydrogen) atoms. The van der Waals surface area contributed by atoms with Crippen LogP contribution in [0, 0.1) is 5.92 Å². The Morgan fingerprint density at radius 1 is 1.38 bits per heavy atom. The van der Waals surface area contributed by atoms with E-state index in [-0.39, 0.29) is 37.1 Å². The summed E-state index contributed by atoms with van der Waals surface area (Å²) in [6.45, 7) is -0.353. The zero-order valence-corrected chi connectivity index (χ0v) is 13.1. The summed E-state index contributed by atoms with van der Waals surface area (Å²) in [4.78, 5) is 40.2. The minimum Gasteiger partial charge on any atom is -0.393 e. The number of hydrogen-bond donors (Lipinski definition) is 3. The van der Waals surface area contributed by atoms with Gasteiger partial charge in [-0.05, 0) is 42.9 Å². The normalized spacial score (nSPS) is 24.3. The molecule has 8 nitrogen and oxygen atoms in total. The van der Waals surface area contributed by atoms with Crippen LogP contribution in [0.15, 0.2) is 24.5 Å². The fourth-order valence-electron chi connectivity index (χ4n) is 3.08. The van der Waals surface area contributed by atoms with Crippen molar-refractivity contribution in [3.05, 3.63) is 30.1 Å². The molecule has 1 aliphatic carbocycles. The van der Waals surface area contributed by atoms with Crippen LogP contribution in [-0.4, -0.2) is 58.1 Å². The van der Waals surface area contributed by atoms with E-state index in [1.54, 1.807) is 12.4 Å². The zero-order valence-electron chi connectivity index (χ0n) is 13.1. The van der Waals surface area contributed by atoms with Gasteiger partial charge in [0.1, 0.15) is 6.54 Å². The van der Waals surface area contributed by atoms with Gasteiger partial charge in [0.05, 0.1) is 12.6 Å². The number of nitrogens with zero attached hydrogens (tertiary/aromatic N) is 2. The highest BCUT2D eigenvalue weighted by atomic mass is 16.3. The van der Waals surface area contributed by atoms with Gasteiger partial charge in [0.2, 0.25) is 5.91 Å². The van der Waals surface area contributed by atoms with Gasteiger partial charge in [0.15, 0.2) is 0 Å². The number of pyridine rings is 1. The Labute approximate surface area is 139 Å². The van der Waals surface area contributed by atoms with Gasteiger partial charge in [-0.25, -0.2) is 4.79 Å². The van der Waals surface area contributed by atoms with Gasteiger partial charge in [-0.1, -0.05) is 0 Å². The second kappa shape index (κ2) is 6.96. The van der Waals surface area contributed by atoms with Gasteiger partial charge in [-0.15, -0.1) is 0 Å². The summed E-state index contributed by atoms with van der Waals surface area (Å²) >= 11 is 0. The van der Waals surface area contributed by atoms with E-state index in [1.165, 1.54) is 0 Å². The molecule has 1 aromatic heterocycles. The molecule has 0 radical (unpaired) electrons. The van der Waals surface area contributed by atoms with Crippen molar-refractivity contribution >= 4 is 17.8 Å². The number of rotatable bonds is 6. The molecule has 3 rings (SSSR count). The quantitative estimate of drug-likeness (QED) is 0.604. The van der Waals surface area contributed by atoms with E-state index in [0.29, 0.717) is 19.3 Å². The van der Waals surface area contributed by atoms with Crippen LogP contribution in [0.1, 0.15) is 18.4 Å². The third-order valence-corrected chi connectivity index (χ3v) is 4.51. The Morgan fingerprint density at radius 2 is 2.08 bits per heavy atom. The molecule has 2 aliphatic rings. The first-order valence-electron chi connectivity index (χ1n) is 7.97. The lowest BCUT2D eigenvalue weighted by Gasteiger charge is -2.38. The summed E-state index contributed by atoms with van der Waals surface area (Å²) in [5.74, 6) is -0.596. The zero-order chi connectivity index (χ0) is 17.1. The predicted molar refractivity (Wildman–Crippen MR) is 83.7 cm³/mol. The van der Waals surface area contributed by atoms with Gasteiger partial charge < -0.3 is 15.7 Å². The van der Waals surface area contributed by atoms with E-state index < -0.39 is 11.9 Å². The number of carbonyl (C=O) groups excluding carboxylic acids is 3.